The van der Waals surface area contributed by atoms with Gasteiger partial charge in [0.25, 0.3) is 0 Å². The van der Waals surface area contributed by atoms with E-state index in [1.54, 1.807) is 0 Å². The first-order valence-electron chi connectivity index (χ1n) is 6.38. The van der Waals surface area contributed by atoms with Crippen LogP contribution < -0.4 is 0 Å². The average molecular weight is 196 g/mol. The molecule has 0 saturated heterocycles. The van der Waals surface area contributed by atoms with Gasteiger partial charge in [-0.2, -0.15) is 0 Å². The van der Waals surface area contributed by atoms with Gasteiger partial charge in [0, 0.05) is 0 Å². The predicted octanol–water partition coefficient (Wildman–Crippen LogP) is 3.36. The fraction of sp³-hybridized carbons (Fsp3) is 1.00. The van der Waals surface area contributed by atoms with E-state index in [1.165, 1.54) is 25.7 Å². The summed E-state index contributed by atoms with van der Waals surface area (Å²) >= 11 is 0. The smallest absolute Gasteiger partial charge is 0.0675 e. The lowest BCUT2D eigenvalue weighted by molar-refractivity contribution is -0.0636. The highest BCUT2D eigenvalue weighted by atomic mass is 16.3. The van der Waals surface area contributed by atoms with Crippen LogP contribution in [0.2, 0.25) is 0 Å². The van der Waals surface area contributed by atoms with E-state index in [1.807, 2.05) is 0 Å². The van der Waals surface area contributed by atoms with Crippen molar-refractivity contribution in [1.82, 2.24) is 0 Å². The van der Waals surface area contributed by atoms with Gasteiger partial charge in [-0.3, -0.25) is 0 Å². The molecular formula is C13H24O. The van der Waals surface area contributed by atoms with Crippen molar-refractivity contribution in [2.24, 2.45) is 17.8 Å². The molecule has 1 heteroatoms. The van der Waals surface area contributed by atoms with Crippen molar-refractivity contribution in [3.8, 4) is 0 Å². The maximum atomic E-state index is 10.6. The highest BCUT2D eigenvalue weighted by Gasteiger charge is 2.42. The summed E-state index contributed by atoms with van der Waals surface area (Å²) in [5.74, 6) is 2.32. The lowest BCUT2D eigenvalue weighted by atomic mass is 9.70. The molecule has 0 heterocycles. The van der Waals surface area contributed by atoms with Crippen molar-refractivity contribution < 1.29 is 5.11 Å². The molecule has 1 N–H and O–H groups in total. The highest BCUT2D eigenvalue weighted by Crippen LogP contribution is 2.48. The van der Waals surface area contributed by atoms with Gasteiger partial charge in [-0.1, -0.05) is 26.7 Å². The minimum atomic E-state index is -0.319. The Morgan fingerprint density at radius 1 is 1.29 bits per heavy atom. The molecule has 0 spiro atoms. The highest BCUT2D eigenvalue weighted by molar-refractivity contribution is 4.94. The quantitative estimate of drug-likeness (QED) is 0.734. The fourth-order valence-electron chi connectivity index (χ4n) is 3.13. The van der Waals surface area contributed by atoms with E-state index in [9.17, 15) is 5.11 Å². The second kappa shape index (κ2) is 3.84. The molecular weight excluding hydrogens is 172 g/mol. The first-order valence-corrected chi connectivity index (χ1v) is 6.38. The van der Waals surface area contributed by atoms with Gasteiger partial charge in [-0.15, -0.1) is 0 Å². The van der Waals surface area contributed by atoms with Crippen LogP contribution >= 0.6 is 0 Å². The zero-order valence-corrected chi connectivity index (χ0v) is 9.63. The van der Waals surface area contributed by atoms with Crippen LogP contribution in [-0.2, 0) is 0 Å². The summed E-state index contributed by atoms with van der Waals surface area (Å²) in [5, 5.41) is 10.6. The van der Waals surface area contributed by atoms with E-state index in [2.05, 4.69) is 13.8 Å². The molecule has 0 radical (unpaired) electrons. The number of aliphatic hydroxyl groups is 1. The van der Waals surface area contributed by atoms with Crippen LogP contribution in [0.1, 0.15) is 58.8 Å². The number of hydrogen-bond acceptors (Lipinski definition) is 1. The van der Waals surface area contributed by atoms with Gasteiger partial charge in [-0.05, 0) is 49.9 Å². The normalized spacial score (nSPS) is 40.9. The van der Waals surface area contributed by atoms with Crippen LogP contribution in [0.3, 0.4) is 0 Å². The molecule has 3 unspecified atom stereocenters. The molecule has 0 aromatic carbocycles. The lowest BCUT2D eigenvalue weighted by Gasteiger charge is -2.41. The third-order valence-corrected chi connectivity index (χ3v) is 4.62. The summed E-state index contributed by atoms with van der Waals surface area (Å²) in [6.07, 6.45) is 8.75. The summed E-state index contributed by atoms with van der Waals surface area (Å²) in [6.45, 7) is 4.42. The van der Waals surface area contributed by atoms with Crippen LogP contribution in [-0.4, -0.2) is 10.7 Å². The van der Waals surface area contributed by atoms with E-state index in [-0.39, 0.29) is 5.60 Å². The largest absolute Gasteiger partial charge is 0.390 e. The summed E-state index contributed by atoms with van der Waals surface area (Å²) < 4.78 is 0. The molecule has 82 valence electrons. The van der Waals surface area contributed by atoms with Crippen LogP contribution in [0.4, 0.5) is 0 Å². The Bertz CT molecular complexity index is 197. The summed E-state index contributed by atoms with van der Waals surface area (Å²) in [6, 6.07) is 0. The zero-order chi connectivity index (χ0) is 10.2. The first-order chi connectivity index (χ1) is 6.65. The molecule has 3 atom stereocenters. The van der Waals surface area contributed by atoms with Gasteiger partial charge < -0.3 is 5.11 Å². The molecule has 0 aromatic heterocycles. The standard InChI is InChI=1S/C13H24O/c1-3-10(2)13(14)8-4-5-12(9-13)11-6-7-11/h10-12,14H,3-9H2,1-2H3. The van der Waals surface area contributed by atoms with Crippen LogP contribution in [0.15, 0.2) is 0 Å². The van der Waals surface area contributed by atoms with Crippen LogP contribution in [0, 0.1) is 17.8 Å². The number of rotatable bonds is 3. The Hall–Kier alpha value is -0.0400. The maximum absolute atomic E-state index is 10.6. The molecule has 2 aliphatic rings. The summed E-state index contributed by atoms with van der Waals surface area (Å²) in [7, 11) is 0. The monoisotopic (exact) mass is 196 g/mol. The summed E-state index contributed by atoms with van der Waals surface area (Å²) in [4.78, 5) is 0. The van der Waals surface area contributed by atoms with Crippen molar-refractivity contribution in [2.75, 3.05) is 0 Å². The molecule has 2 rings (SSSR count). The summed E-state index contributed by atoms with van der Waals surface area (Å²) in [5.41, 5.74) is -0.319. The number of hydrogen-bond donors (Lipinski definition) is 1. The molecule has 0 aliphatic heterocycles. The van der Waals surface area contributed by atoms with Gasteiger partial charge >= 0.3 is 0 Å². The van der Waals surface area contributed by atoms with Gasteiger partial charge in [-0.25, -0.2) is 0 Å². The average Bonchev–Trinajstić information content (AvgIpc) is 3.00. The molecule has 2 fully saturated rings. The van der Waals surface area contributed by atoms with Gasteiger partial charge in [0.05, 0.1) is 5.60 Å². The maximum Gasteiger partial charge on any atom is 0.0675 e. The zero-order valence-electron chi connectivity index (χ0n) is 9.63. The van der Waals surface area contributed by atoms with Crippen molar-refractivity contribution in [3.63, 3.8) is 0 Å². The molecule has 0 amide bonds. The Kier molecular flexibility index (Phi) is 2.88. The second-order valence-corrected chi connectivity index (χ2v) is 5.61. The van der Waals surface area contributed by atoms with E-state index in [4.69, 9.17) is 0 Å². The Balaban J connectivity index is 1.97. The van der Waals surface area contributed by atoms with Crippen molar-refractivity contribution in [1.29, 1.82) is 0 Å². The second-order valence-electron chi connectivity index (χ2n) is 5.61. The van der Waals surface area contributed by atoms with E-state index in [0.29, 0.717) is 5.92 Å². The van der Waals surface area contributed by atoms with Gasteiger partial charge in [0.15, 0.2) is 0 Å². The molecule has 2 aliphatic carbocycles. The Morgan fingerprint density at radius 3 is 2.57 bits per heavy atom. The fourth-order valence-corrected chi connectivity index (χ4v) is 3.13. The van der Waals surface area contributed by atoms with Crippen LogP contribution in [0.25, 0.3) is 0 Å². The molecule has 0 aromatic rings. The van der Waals surface area contributed by atoms with E-state index in [0.717, 1.165) is 31.1 Å². The third kappa shape index (κ3) is 1.98. The van der Waals surface area contributed by atoms with Crippen LogP contribution in [0.5, 0.6) is 0 Å². The lowest BCUT2D eigenvalue weighted by Crippen LogP contribution is -2.41. The van der Waals surface area contributed by atoms with Gasteiger partial charge in [0.2, 0.25) is 0 Å². The molecule has 0 bridgehead atoms. The first kappa shape index (κ1) is 10.5. The minimum Gasteiger partial charge on any atom is -0.390 e. The van der Waals surface area contributed by atoms with Crippen molar-refractivity contribution in [2.45, 2.75) is 64.4 Å². The Labute approximate surface area is 87.9 Å². The van der Waals surface area contributed by atoms with Crippen molar-refractivity contribution >= 4 is 0 Å². The predicted molar refractivity (Wildman–Crippen MR) is 59.1 cm³/mol. The topological polar surface area (TPSA) is 20.2 Å². The SMILES string of the molecule is CCC(C)C1(O)CCCC(C2CC2)C1. The Morgan fingerprint density at radius 2 is 2.00 bits per heavy atom. The van der Waals surface area contributed by atoms with E-state index >= 15 is 0 Å². The third-order valence-electron chi connectivity index (χ3n) is 4.62. The molecule has 1 nitrogen and oxygen atoms in total. The van der Waals surface area contributed by atoms with Gasteiger partial charge in [0.1, 0.15) is 0 Å². The molecule has 2 saturated carbocycles. The molecule has 14 heavy (non-hydrogen) atoms. The minimum absolute atomic E-state index is 0.319. The van der Waals surface area contributed by atoms with Crippen molar-refractivity contribution in [3.05, 3.63) is 0 Å². The van der Waals surface area contributed by atoms with E-state index < -0.39 is 0 Å².